The van der Waals surface area contributed by atoms with Crippen LogP contribution < -0.4 is 0 Å². The van der Waals surface area contributed by atoms with Crippen molar-refractivity contribution in [3.63, 3.8) is 0 Å². The zero-order valence-electron chi connectivity index (χ0n) is 9.04. The van der Waals surface area contributed by atoms with Gasteiger partial charge in [0.1, 0.15) is 0 Å². The topological polar surface area (TPSA) is 43.4 Å². The summed E-state index contributed by atoms with van der Waals surface area (Å²) in [6.07, 6.45) is 6.67. The monoisotopic (exact) mass is 208 g/mol. The molecule has 2 aliphatic rings. The molecule has 3 nitrogen and oxygen atoms in total. The fourth-order valence-corrected chi connectivity index (χ4v) is 2.77. The van der Waals surface area contributed by atoms with Gasteiger partial charge in [-0.25, -0.2) is 0 Å². The molecular weight excluding hydrogens is 192 g/mol. The van der Waals surface area contributed by atoms with E-state index in [4.69, 9.17) is 4.74 Å². The van der Waals surface area contributed by atoms with Crippen molar-refractivity contribution in [2.45, 2.75) is 38.5 Å². The smallest absolute Gasteiger partial charge is 0.315 e. The van der Waals surface area contributed by atoms with Crippen molar-refractivity contribution >= 4 is 11.8 Å². The van der Waals surface area contributed by atoms with Crippen LogP contribution in [0.2, 0.25) is 0 Å². The molecule has 1 atom stereocenters. The SMILES string of the molecule is COC(=O)[C@]12CCCCC1=CC(=O)CC2. The Morgan fingerprint density at radius 2 is 2.13 bits per heavy atom. The zero-order valence-corrected chi connectivity index (χ0v) is 9.04. The van der Waals surface area contributed by atoms with Gasteiger partial charge >= 0.3 is 5.97 Å². The normalized spacial score (nSPS) is 30.5. The predicted molar refractivity (Wildman–Crippen MR) is 55.2 cm³/mol. The summed E-state index contributed by atoms with van der Waals surface area (Å²) >= 11 is 0. The highest BCUT2D eigenvalue weighted by atomic mass is 16.5. The molecule has 3 heteroatoms. The first-order valence-electron chi connectivity index (χ1n) is 5.51. The van der Waals surface area contributed by atoms with Crippen molar-refractivity contribution in [3.8, 4) is 0 Å². The van der Waals surface area contributed by atoms with Crippen LogP contribution in [0.3, 0.4) is 0 Å². The van der Waals surface area contributed by atoms with Crippen LogP contribution in [0.25, 0.3) is 0 Å². The Bertz CT molecular complexity index is 330. The van der Waals surface area contributed by atoms with Gasteiger partial charge in [0.25, 0.3) is 0 Å². The number of fused-ring (bicyclic) bond motifs is 1. The van der Waals surface area contributed by atoms with Crippen molar-refractivity contribution in [1.29, 1.82) is 0 Å². The van der Waals surface area contributed by atoms with E-state index in [1.807, 2.05) is 0 Å². The molecule has 82 valence electrons. The van der Waals surface area contributed by atoms with Crippen molar-refractivity contribution in [2.24, 2.45) is 5.41 Å². The molecule has 0 aromatic heterocycles. The third-order valence-corrected chi connectivity index (χ3v) is 3.62. The second-order valence-electron chi connectivity index (χ2n) is 4.42. The van der Waals surface area contributed by atoms with Gasteiger partial charge in [-0.1, -0.05) is 6.42 Å². The molecule has 2 rings (SSSR count). The summed E-state index contributed by atoms with van der Waals surface area (Å²) in [5, 5.41) is 0. The average molecular weight is 208 g/mol. The molecule has 0 radical (unpaired) electrons. The standard InChI is InChI=1S/C12H16O3/c1-15-11(14)12-6-3-2-4-9(12)8-10(13)5-7-12/h8H,2-7H2,1H3/t12-/m0/s1. The molecule has 2 aliphatic carbocycles. The Kier molecular flexibility index (Phi) is 2.63. The molecule has 0 unspecified atom stereocenters. The van der Waals surface area contributed by atoms with Gasteiger partial charge in [0, 0.05) is 6.42 Å². The summed E-state index contributed by atoms with van der Waals surface area (Å²) < 4.78 is 4.89. The second-order valence-corrected chi connectivity index (χ2v) is 4.42. The maximum atomic E-state index is 11.9. The molecular formula is C12H16O3. The van der Waals surface area contributed by atoms with Gasteiger partial charge in [-0.3, -0.25) is 9.59 Å². The molecule has 0 aromatic rings. The molecule has 0 aromatic carbocycles. The number of hydrogen-bond donors (Lipinski definition) is 0. The first-order chi connectivity index (χ1) is 7.19. The Morgan fingerprint density at radius 1 is 1.33 bits per heavy atom. The number of esters is 1. The van der Waals surface area contributed by atoms with Gasteiger partial charge in [-0.05, 0) is 37.3 Å². The number of carbonyl (C=O) groups excluding carboxylic acids is 2. The number of ketones is 1. The van der Waals surface area contributed by atoms with E-state index in [2.05, 4.69) is 0 Å². The van der Waals surface area contributed by atoms with E-state index in [0.29, 0.717) is 12.8 Å². The molecule has 0 heterocycles. The van der Waals surface area contributed by atoms with Crippen molar-refractivity contribution in [1.82, 2.24) is 0 Å². The van der Waals surface area contributed by atoms with E-state index >= 15 is 0 Å². The summed E-state index contributed by atoms with van der Waals surface area (Å²) in [5.74, 6) is 0.00683. The molecule has 0 N–H and O–H groups in total. The van der Waals surface area contributed by atoms with Gasteiger partial charge in [0.2, 0.25) is 0 Å². The summed E-state index contributed by atoms with van der Waals surface area (Å²) in [4.78, 5) is 23.2. The largest absolute Gasteiger partial charge is 0.468 e. The van der Waals surface area contributed by atoms with E-state index in [1.165, 1.54) is 7.11 Å². The number of rotatable bonds is 1. The third-order valence-electron chi connectivity index (χ3n) is 3.62. The Hall–Kier alpha value is -1.12. The number of hydrogen-bond acceptors (Lipinski definition) is 3. The Balaban J connectivity index is 2.37. The molecule has 15 heavy (non-hydrogen) atoms. The van der Waals surface area contributed by atoms with Gasteiger partial charge in [0.05, 0.1) is 12.5 Å². The lowest BCUT2D eigenvalue weighted by Crippen LogP contribution is -2.39. The number of ether oxygens (including phenoxy) is 1. The van der Waals surface area contributed by atoms with Crippen LogP contribution in [0.4, 0.5) is 0 Å². The van der Waals surface area contributed by atoms with E-state index < -0.39 is 5.41 Å². The fourth-order valence-electron chi connectivity index (χ4n) is 2.77. The second kappa shape index (κ2) is 3.80. The minimum Gasteiger partial charge on any atom is -0.468 e. The van der Waals surface area contributed by atoms with Crippen LogP contribution >= 0.6 is 0 Å². The lowest BCUT2D eigenvalue weighted by atomic mass is 9.64. The van der Waals surface area contributed by atoms with E-state index in [1.54, 1.807) is 6.08 Å². The fraction of sp³-hybridized carbons (Fsp3) is 0.667. The molecule has 0 aliphatic heterocycles. The highest BCUT2D eigenvalue weighted by Crippen LogP contribution is 2.47. The summed E-state index contributed by atoms with van der Waals surface area (Å²) in [7, 11) is 1.43. The zero-order chi connectivity index (χ0) is 10.9. The molecule has 0 bridgehead atoms. The van der Waals surface area contributed by atoms with Crippen LogP contribution in [0.5, 0.6) is 0 Å². The van der Waals surface area contributed by atoms with E-state index in [0.717, 1.165) is 31.3 Å². The lowest BCUT2D eigenvalue weighted by Gasteiger charge is -2.39. The minimum atomic E-state index is -0.457. The van der Waals surface area contributed by atoms with E-state index in [-0.39, 0.29) is 11.8 Å². The minimum absolute atomic E-state index is 0.152. The van der Waals surface area contributed by atoms with Gasteiger partial charge in [-0.2, -0.15) is 0 Å². The van der Waals surface area contributed by atoms with Crippen LogP contribution in [0, 0.1) is 5.41 Å². The van der Waals surface area contributed by atoms with Gasteiger partial charge < -0.3 is 4.74 Å². The predicted octanol–water partition coefficient (Wildman–Crippen LogP) is 2.01. The number of allylic oxidation sites excluding steroid dienone is 1. The Labute approximate surface area is 89.5 Å². The first-order valence-corrected chi connectivity index (χ1v) is 5.51. The lowest BCUT2D eigenvalue weighted by molar-refractivity contribution is -0.152. The molecule has 1 fully saturated rings. The van der Waals surface area contributed by atoms with Crippen LogP contribution in [-0.2, 0) is 14.3 Å². The van der Waals surface area contributed by atoms with Crippen LogP contribution in [0.15, 0.2) is 11.6 Å². The Morgan fingerprint density at radius 3 is 2.87 bits per heavy atom. The van der Waals surface area contributed by atoms with Gasteiger partial charge in [0.15, 0.2) is 5.78 Å². The van der Waals surface area contributed by atoms with E-state index in [9.17, 15) is 9.59 Å². The average Bonchev–Trinajstić information content (AvgIpc) is 2.28. The number of carbonyl (C=O) groups is 2. The van der Waals surface area contributed by atoms with Crippen molar-refractivity contribution in [2.75, 3.05) is 7.11 Å². The summed E-state index contributed by atoms with van der Waals surface area (Å²) in [6.45, 7) is 0. The maximum Gasteiger partial charge on any atom is 0.315 e. The summed E-state index contributed by atoms with van der Waals surface area (Å²) in [5.41, 5.74) is 0.554. The van der Waals surface area contributed by atoms with Crippen LogP contribution in [-0.4, -0.2) is 18.9 Å². The third kappa shape index (κ3) is 1.60. The molecule has 1 saturated carbocycles. The maximum absolute atomic E-state index is 11.9. The molecule has 0 amide bonds. The quantitative estimate of drug-likeness (QED) is 0.619. The molecule has 0 spiro atoms. The summed E-state index contributed by atoms with van der Waals surface area (Å²) in [6, 6.07) is 0. The highest BCUT2D eigenvalue weighted by molar-refractivity contribution is 5.95. The van der Waals surface area contributed by atoms with Gasteiger partial charge in [-0.15, -0.1) is 0 Å². The highest BCUT2D eigenvalue weighted by Gasteiger charge is 2.46. The van der Waals surface area contributed by atoms with Crippen molar-refractivity contribution < 1.29 is 14.3 Å². The van der Waals surface area contributed by atoms with Crippen molar-refractivity contribution in [3.05, 3.63) is 11.6 Å². The number of methoxy groups -OCH3 is 1. The first kappa shape index (κ1) is 10.4. The van der Waals surface area contributed by atoms with Crippen LogP contribution in [0.1, 0.15) is 38.5 Å². The molecule has 0 saturated heterocycles.